The number of Topliss-reactive ketones (excluding diaryl/α,β-unsaturated/α-hetero) is 1. The Bertz CT molecular complexity index is 931. The summed E-state index contributed by atoms with van der Waals surface area (Å²) in [7, 11) is 1.71. The van der Waals surface area contributed by atoms with E-state index in [1.807, 2.05) is 44.2 Å². The summed E-state index contributed by atoms with van der Waals surface area (Å²) in [6, 6.07) is 9.95. The molecule has 2 aromatic carbocycles. The fourth-order valence-corrected chi connectivity index (χ4v) is 3.69. The van der Waals surface area contributed by atoms with Gasteiger partial charge in [-0.25, -0.2) is 0 Å². The van der Waals surface area contributed by atoms with Crippen LogP contribution in [0.15, 0.2) is 36.1 Å². The van der Waals surface area contributed by atoms with Crippen molar-refractivity contribution in [3.8, 4) is 11.5 Å². The van der Waals surface area contributed by atoms with Gasteiger partial charge >= 0.3 is 0 Å². The predicted octanol–water partition coefficient (Wildman–Crippen LogP) is 4.11. The van der Waals surface area contributed by atoms with E-state index in [2.05, 4.69) is 4.90 Å². The van der Waals surface area contributed by atoms with Crippen molar-refractivity contribution in [3.05, 3.63) is 63.9 Å². The molecule has 2 aliphatic heterocycles. The molecule has 0 amide bonds. The first-order valence-corrected chi connectivity index (χ1v) is 9.58. The fourth-order valence-electron chi connectivity index (χ4n) is 3.69. The van der Waals surface area contributed by atoms with Crippen molar-refractivity contribution in [3.63, 3.8) is 0 Å². The van der Waals surface area contributed by atoms with Gasteiger partial charge in [-0.1, -0.05) is 29.8 Å². The summed E-state index contributed by atoms with van der Waals surface area (Å²) >= 11 is 0. The number of aryl methyl sites for hydroxylation is 1. The molecule has 0 saturated carbocycles. The maximum absolute atomic E-state index is 12.9. The van der Waals surface area contributed by atoms with Crippen molar-refractivity contribution in [1.29, 1.82) is 0 Å². The fraction of sp³-hybridized carbons (Fsp3) is 0.348. The second kappa shape index (κ2) is 7.78. The lowest BCUT2D eigenvalue weighted by Gasteiger charge is -2.30. The molecule has 0 atom stereocenters. The van der Waals surface area contributed by atoms with Crippen LogP contribution in [0.3, 0.4) is 0 Å². The zero-order chi connectivity index (χ0) is 19.7. The van der Waals surface area contributed by atoms with E-state index in [0.29, 0.717) is 23.8 Å². The van der Waals surface area contributed by atoms with Crippen LogP contribution < -0.4 is 9.47 Å². The molecule has 2 aliphatic rings. The van der Waals surface area contributed by atoms with Crippen LogP contribution >= 0.6 is 0 Å². The highest BCUT2D eigenvalue weighted by atomic mass is 16.5. The molecule has 28 heavy (non-hydrogen) atoms. The molecule has 0 aromatic heterocycles. The monoisotopic (exact) mass is 379 g/mol. The van der Waals surface area contributed by atoms with Gasteiger partial charge in [0.05, 0.1) is 5.56 Å². The van der Waals surface area contributed by atoms with Crippen LogP contribution in [0.5, 0.6) is 11.5 Å². The SMILES string of the molecule is COCCCN1COc2c(cc3c(c2C)O/C(=C\c2ccc(C)cc2)C3=O)C1. The molecular weight excluding hydrogens is 354 g/mol. The van der Waals surface area contributed by atoms with Gasteiger partial charge in [0.2, 0.25) is 5.78 Å². The van der Waals surface area contributed by atoms with E-state index in [-0.39, 0.29) is 5.78 Å². The van der Waals surface area contributed by atoms with Crippen LogP contribution in [0.4, 0.5) is 0 Å². The topological polar surface area (TPSA) is 48.0 Å². The predicted molar refractivity (Wildman–Crippen MR) is 108 cm³/mol. The number of methoxy groups -OCH3 is 1. The number of carbonyl (C=O) groups excluding carboxylic acids is 1. The molecule has 0 radical (unpaired) electrons. The normalized spacial score (nSPS) is 17.2. The van der Waals surface area contributed by atoms with Crippen molar-refractivity contribution in [2.75, 3.05) is 27.0 Å². The number of carbonyl (C=O) groups is 1. The summed E-state index contributed by atoms with van der Waals surface area (Å²) in [6.45, 7) is 6.92. The summed E-state index contributed by atoms with van der Waals surface area (Å²) in [4.78, 5) is 15.2. The maximum atomic E-state index is 12.9. The molecule has 0 saturated heterocycles. The Hall–Kier alpha value is -2.63. The summed E-state index contributed by atoms with van der Waals surface area (Å²) in [5, 5.41) is 0. The third-order valence-corrected chi connectivity index (χ3v) is 5.20. The average molecular weight is 379 g/mol. The quantitative estimate of drug-likeness (QED) is 0.578. The minimum atomic E-state index is -0.0713. The average Bonchev–Trinajstić information content (AvgIpc) is 3.00. The highest BCUT2D eigenvalue weighted by Crippen LogP contribution is 2.43. The zero-order valence-corrected chi connectivity index (χ0v) is 16.6. The minimum Gasteiger partial charge on any atom is -0.477 e. The number of allylic oxidation sites excluding steroid dienone is 1. The smallest absolute Gasteiger partial charge is 0.231 e. The molecule has 0 aliphatic carbocycles. The molecule has 0 fully saturated rings. The molecule has 2 heterocycles. The second-order valence-electron chi connectivity index (χ2n) is 7.39. The number of fused-ring (bicyclic) bond motifs is 2. The van der Waals surface area contributed by atoms with E-state index >= 15 is 0 Å². The Morgan fingerprint density at radius 1 is 1.18 bits per heavy atom. The van der Waals surface area contributed by atoms with Crippen molar-refractivity contribution in [2.45, 2.75) is 26.8 Å². The molecule has 0 unspecified atom stereocenters. The summed E-state index contributed by atoms with van der Waals surface area (Å²) in [5.74, 6) is 1.75. The van der Waals surface area contributed by atoms with Crippen molar-refractivity contribution in [2.24, 2.45) is 0 Å². The van der Waals surface area contributed by atoms with E-state index in [9.17, 15) is 4.79 Å². The molecule has 4 rings (SSSR count). The molecule has 2 aromatic rings. The molecule has 5 nitrogen and oxygen atoms in total. The first kappa shape index (κ1) is 18.7. The van der Waals surface area contributed by atoms with Crippen molar-refractivity contribution >= 4 is 11.9 Å². The number of ether oxygens (including phenoxy) is 3. The van der Waals surface area contributed by atoms with E-state index < -0.39 is 0 Å². The summed E-state index contributed by atoms with van der Waals surface area (Å²) in [6.07, 6.45) is 2.75. The van der Waals surface area contributed by atoms with Crippen molar-refractivity contribution in [1.82, 2.24) is 4.90 Å². The Balaban J connectivity index is 1.59. The molecule has 0 N–H and O–H groups in total. The van der Waals surface area contributed by atoms with Gasteiger partial charge in [0, 0.05) is 37.9 Å². The Kier molecular flexibility index (Phi) is 5.20. The van der Waals surface area contributed by atoms with Gasteiger partial charge in [0.15, 0.2) is 5.76 Å². The first-order chi connectivity index (χ1) is 13.6. The molecular formula is C23H25NO4. The number of benzene rings is 2. The maximum Gasteiger partial charge on any atom is 0.231 e. The van der Waals surface area contributed by atoms with E-state index in [4.69, 9.17) is 14.2 Å². The molecule has 146 valence electrons. The van der Waals surface area contributed by atoms with Gasteiger partial charge in [-0.15, -0.1) is 0 Å². The van der Waals surface area contributed by atoms with Crippen LogP contribution in [-0.2, 0) is 11.3 Å². The van der Waals surface area contributed by atoms with E-state index in [1.54, 1.807) is 13.2 Å². The first-order valence-electron chi connectivity index (χ1n) is 9.58. The van der Waals surface area contributed by atoms with Crippen LogP contribution in [0.25, 0.3) is 6.08 Å². The number of ketones is 1. The minimum absolute atomic E-state index is 0.0713. The van der Waals surface area contributed by atoms with Crippen LogP contribution in [0.2, 0.25) is 0 Å². The highest BCUT2D eigenvalue weighted by Gasteiger charge is 2.33. The second-order valence-corrected chi connectivity index (χ2v) is 7.39. The summed E-state index contributed by atoms with van der Waals surface area (Å²) < 4.78 is 17.1. The Labute approximate surface area is 165 Å². The number of nitrogens with zero attached hydrogens (tertiary/aromatic N) is 1. The lowest BCUT2D eigenvalue weighted by Crippen LogP contribution is -2.33. The number of rotatable bonds is 5. The lowest BCUT2D eigenvalue weighted by molar-refractivity contribution is 0.0826. The van der Waals surface area contributed by atoms with Crippen LogP contribution in [0.1, 0.15) is 39.0 Å². The number of hydrogen-bond acceptors (Lipinski definition) is 5. The Morgan fingerprint density at radius 3 is 2.71 bits per heavy atom. The van der Waals surface area contributed by atoms with Crippen LogP contribution in [0, 0.1) is 13.8 Å². The highest BCUT2D eigenvalue weighted by molar-refractivity contribution is 6.15. The Morgan fingerprint density at radius 2 is 1.96 bits per heavy atom. The summed E-state index contributed by atoms with van der Waals surface area (Å²) in [5.41, 5.74) is 4.68. The molecule has 0 bridgehead atoms. The van der Waals surface area contributed by atoms with Gasteiger partial charge in [0.25, 0.3) is 0 Å². The van der Waals surface area contributed by atoms with E-state index in [0.717, 1.165) is 48.6 Å². The van der Waals surface area contributed by atoms with Gasteiger partial charge in [-0.3, -0.25) is 9.69 Å². The van der Waals surface area contributed by atoms with Crippen molar-refractivity contribution < 1.29 is 19.0 Å². The third kappa shape index (κ3) is 3.55. The molecule has 0 spiro atoms. The third-order valence-electron chi connectivity index (χ3n) is 5.20. The van der Waals surface area contributed by atoms with Gasteiger partial charge in [-0.05, 0) is 38.0 Å². The standard InChI is InChI=1S/C23H25NO4/c1-15-5-7-17(8-6-15)11-20-21(25)19-12-18-13-24(9-4-10-26-3)14-27-22(18)16(2)23(19)28-20/h5-8,11-12H,4,9-10,13-14H2,1-3H3/b20-11-. The van der Waals surface area contributed by atoms with Gasteiger partial charge in [-0.2, -0.15) is 0 Å². The lowest BCUT2D eigenvalue weighted by atomic mass is 10.00. The molecule has 5 heteroatoms. The zero-order valence-electron chi connectivity index (χ0n) is 16.6. The van der Waals surface area contributed by atoms with E-state index in [1.165, 1.54) is 5.56 Å². The van der Waals surface area contributed by atoms with Crippen LogP contribution in [-0.4, -0.2) is 37.7 Å². The van der Waals surface area contributed by atoms with Gasteiger partial charge < -0.3 is 14.2 Å². The van der Waals surface area contributed by atoms with Gasteiger partial charge in [0.1, 0.15) is 18.2 Å². The number of hydrogen-bond donors (Lipinski definition) is 0. The largest absolute Gasteiger partial charge is 0.477 e.